The van der Waals surface area contributed by atoms with E-state index in [1.807, 2.05) is 12.1 Å². The van der Waals surface area contributed by atoms with Gasteiger partial charge in [-0.15, -0.1) is 0 Å². The van der Waals surface area contributed by atoms with Gasteiger partial charge in [0.15, 0.2) is 0 Å². The molecule has 1 heterocycles. The van der Waals surface area contributed by atoms with Crippen LogP contribution in [-0.4, -0.2) is 32.4 Å². The minimum Gasteiger partial charge on any atom is -0.492 e. The van der Waals surface area contributed by atoms with Crippen molar-refractivity contribution in [3.8, 4) is 5.75 Å². The van der Waals surface area contributed by atoms with Crippen molar-refractivity contribution in [1.82, 2.24) is 5.32 Å². The second kappa shape index (κ2) is 6.76. The molecule has 2 rings (SSSR count). The fourth-order valence-corrected chi connectivity index (χ4v) is 2.39. The molecule has 2 atom stereocenters. The first kappa shape index (κ1) is 13.4. The first-order valence-corrected chi connectivity index (χ1v) is 6.80. The molecule has 0 spiro atoms. The quantitative estimate of drug-likeness (QED) is 0.839. The second-order valence-corrected chi connectivity index (χ2v) is 4.92. The summed E-state index contributed by atoms with van der Waals surface area (Å²) in [5.41, 5.74) is 1.23. The van der Waals surface area contributed by atoms with Gasteiger partial charge in [0.25, 0.3) is 0 Å². The summed E-state index contributed by atoms with van der Waals surface area (Å²) in [6.45, 7) is 7.64. The normalized spacial score (nSPS) is 20.9. The summed E-state index contributed by atoms with van der Waals surface area (Å²) in [5, 5.41) is 3.50. The molecule has 3 heteroatoms. The largest absolute Gasteiger partial charge is 0.492 e. The minimum absolute atomic E-state index is 0.387. The average Bonchev–Trinajstić information content (AvgIpc) is 2.88. The molecule has 1 saturated heterocycles. The van der Waals surface area contributed by atoms with E-state index in [1.165, 1.54) is 5.56 Å². The highest BCUT2D eigenvalue weighted by Crippen LogP contribution is 2.19. The number of hydrogen-bond donors (Lipinski definition) is 1. The molecular formula is C15H23NO2. The van der Waals surface area contributed by atoms with Gasteiger partial charge in [-0.25, -0.2) is 0 Å². The molecule has 0 bridgehead atoms. The summed E-state index contributed by atoms with van der Waals surface area (Å²) in [5.74, 6) is 1.53. The van der Waals surface area contributed by atoms with Crippen molar-refractivity contribution < 1.29 is 9.47 Å². The highest BCUT2D eigenvalue weighted by molar-refractivity contribution is 5.27. The Kier molecular flexibility index (Phi) is 5.02. The van der Waals surface area contributed by atoms with Gasteiger partial charge in [0.1, 0.15) is 12.4 Å². The lowest BCUT2D eigenvalue weighted by atomic mass is 10.00. The zero-order valence-electron chi connectivity index (χ0n) is 11.3. The van der Waals surface area contributed by atoms with Crippen LogP contribution in [0.5, 0.6) is 5.75 Å². The van der Waals surface area contributed by atoms with Gasteiger partial charge in [-0.1, -0.05) is 19.1 Å². The standard InChI is InChI=1S/C15H23NO2/c1-3-16-15(13-7-8-17-10-13)11-18-14-6-4-5-12(2)9-14/h4-6,9,13,15-16H,3,7-8,10-11H2,1-2H3. The molecule has 1 aromatic rings. The van der Waals surface area contributed by atoms with Crippen LogP contribution < -0.4 is 10.1 Å². The molecule has 2 unspecified atom stereocenters. The van der Waals surface area contributed by atoms with Crippen molar-refractivity contribution >= 4 is 0 Å². The first-order valence-electron chi connectivity index (χ1n) is 6.80. The molecule has 0 radical (unpaired) electrons. The zero-order chi connectivity index (χ0) is 12.8. The van der Waals surface area contributed by atoms with Crippen molar-refractivity contribution in [3.05, 3.63) is 29.8 Å². The molecule has 0 aliphatic carbocycles. The average molecular weight is 249 g/mol. The zero-order valence-corrected chi connectivity index (χ0v) is 11.3. The van der Waals surface area contributed by atoms with Crippen LogP contribution >= 0.6 is 0 Å². The van der Waals surface area contributed by atoms with E-state index in [4.69, 9.17) is 9.47 Å². The number of ether oxygens (including phenoxy) is 2. The Morgan fingerprint density at radius 1 is 1.50 bits per heavy atom. The molecule has 18 heavy (non-hydrogen) atoms. The van der Waals surface area contributed by atoms with Crippen LogP contribution in [-0.2, 0) is 4.74 Å². The van der Waals surface area contributed by atoms with Gasteiger partial charge < -0.3 is 14.8 Å². The lowest BCUT2D eigenvalue weighted by Crippen LogP contribution is -2.41. The van der Waals surface area contributed by atoms with E-state index >= 15 is 0 Å². The van der Waals surface area contributed by atoms with Crippen LogP contribution in [0, 0.1) is 12.8 Å². The van der Waals surface area contributed by atoms with Gasteiger partial charge in [0.2, 0.25) is 0 Å². The third-order valence-electron chi connectivity index (χ3n) is 3.42. The minimum atomic E-state index is 0.387. The Morgan fingerprint density at radius 2 is 2.39 bits per heavy atom. The van der Waals surface area contributed by atoms with Crippen LogP contribution in [0.15, 0.2) is 24.3 Å². The summed E-state index contributed by atoms with van der Waals surface area (Å²) in [6.07, 6.45) is 1.13. The van der Waals surface area contributed by atoms with E-state index in [0.717, 1.165) is 31.9 Å². The van der Waals surface area contributed by atoms with E-state index in [1.54, 1.807) is 0 Å². The number of nitrogens with one attached hydrogen (secondary N) is 1. The van der Waals surface area contributed by atoms with Crippen LogP contribution in [0.25, 0.3) is 0 Å². The van der Waals surface area contributed by atoms with Crippen molar-refractivity contribution in [3.63, 3.8) is 0 Å². The SMILES string of the molecule is CCNC(COc1cccc(C)c1)C1CCOC1. The summed E-state index contributed by atoms with van der Waals surface area (Å²) in [4.78, 5) is 0. The highest BCUT2D eigenvalue weighted by Gasteiger charge is 2.25. The van der Waals surface area contributed by atoms with Gasteiger partial charge >= 0.3 is 0 Å². The molecule has 3 nitrogen and oxygen atoms in total. The molecule has 0 aromatic heterocycles. The van der Waals surface area contributed by atoms with Crippen LogP contribution in [0.3, 0.4) is 0 Å². The maximum Gasteiger partial charge on any atom is 0.119 e. The fourth-order valence-electron chi connectivity index (χ4n) is 2.39. The van der Waals surface area contributed by atoms with E-state index in [2.05, 4.69) is 31.3 Å². The van der Waals surface area contributed by atoms with Crippen molar-refractivity contribution in [2.45, 2.75) is 26.3 Å². The molecule has 1 N–H and O–H groups in total. The fraction of sp³-hybridized carbons (Fsp3) is 0.600. The number of likely N-dealkylation sites (N-methyl/N-ethyl adjacent to an activating group) is 1. The predicted molar refractivity (Wildman–Crippen MR) is 73.1 cm³/mol. The number of rotatable bonds is 6. The Morgan fingerprint density at radius 3 is 3.06 bits per heavy atom. The molecule has 1 aliphatic heterocycles. The molecule has 0 saturated carbocycles. The highest BCUT2D eigenvalue weighted by atomic mass is 16.5. The lowest BCUT2D eigenvalue weighted by Gasteiger charge is -2.23. The molecule has 0 amide bonds. The van der Waals surface area contributed by atoms with Crippen molar-refractivity contribution in [2.75, 3.05) is 26.4 Å². The van der Waals surface area contributed by atoms with E-state index in [0.29, 0.717) is 18.6 Å². The molecular weight excluding hydrogens is 226 g/mol. The maximum atomic E-state index is 5.90. The van der Waals surface area contributed by atoms with E-state index in [-0.39, 0.29) is 0 Å². The Labute approximate surface area is 109 Å². The Bertz CT molecular complexity index is 361. The van der Waals surface area contributed by atoms with Crippen LogP contribution in [0.2, 0.25) is 0 Å². The van der Waals surface area contributed by atoms with Crippen LogP contribution in [0.4, 0.5) is 0 Å². The summed E-state index contributed by atoms with van der Waals surface area (Å²) in [6, 6.07) is 8.60. The smallest absolute Gasteiger partial charge is 0.119 e. The number of aryl methyl sites for hydroxylation is 1. The van der Waals surface area contributed by atoms with E-state index in [9.17, 15) is 0 Å². The summed E-state index contributed by atoms with van der Waals surface area (Å²) < 4.78 is 11.4. The van der Waals surface area contributed by atoms with Crippen molar-refractivity contribution in [1.29, 1.82) is 0 Å². The lowest BCUT2D eigenvalue weighted by molar-refractivity contribution is 0.161. The molecule has 1 aliphatic rings. The number of hydrogen-bond acceptors (Lipinski definition) is 3. The monoisotopic (exact) mass is 249 g/mol. The van der Waals surface area contributed by atoms with E-state index < -0.39 is 0 Å². The third kappa shape index (κ3) is 3.72. The van der Waals surface area contributed by atoms with Gasteiger partial charge in [-0.3, -0.25) is 0 Å². The maximum absolute atomic E-state index is 5.90. The summed E-state index contributed by atoms with van der Waals surface area (Å²) >= 11 is 0. The molecule has 100 valence electrons. The first-order chi connectivity index (χ1) is 8.79. The summed E-state index contributed by atoms with van der Waals surface area (Å²) in [7, 11) is 0. The third-order valence-corrected chi connectivity index (χ3v) is 3.42. The van der Waals surface area contributed by atoms with Crippen molar-refractivity contribution in [2.24, 2.45) is 5.92 Å². The van der Waals surface area contributed by atoms with Gasteiger partial charge in [0, 0.05) is 18.6 Å². The number of benzene rings is 1. The van der Waals surface area contributed by atoms with Gasteiger partial charge in [0.05, 0.1) is 6.61 Å². The molecule has 1 fully saturated rings. The predicted octanol–water partition coefficient (Wildman–Crippen LogP) is 2.39. The van der Waals surface area contributed by atoms with Gasteiger partial charge in [-0.05, 0) is 37.6 Å². The Hall–Kier alpha value is -1.06. The Balaban J connectivity index is 1.88. The molecule has 1 aromatic carbocycles. The topological polar surface area (TPSA) is 30.5 Å². The van der Waals surface area contributed by atoms with Crippen LogP contribution in [0.1, 0.15) is 18.9 Å². The van der Waals surface area contributed by atoms with Gasteiger partial charge in [-0.2, -0.15) is 0 Å². The second-order valence-electron chi connectivity index (χ2n) is 4.92.